The molecule has 2 aromatic rings. The molecule has 0 radical (unpaired) electrons. The lowest BCUT2D eigenvalue weighted by Crippen LogP contribution is -2.33. The fourth-order valence-corrected chi connectivity index (χ4v) is 2.19. The van der Waals surface area contributed by atoms with E-state index in [2.05, 4.69) is 15.0 Å². The quantitative estimate of drug-likeness (QED) is 0.420. The van der Waals surface area contributed by atoms with E-state index >= 15 is 0 Å². The van der Waals surface area contributed by atoms with Crippen molar-refractivity contribution in [1.29, 1.82) is 5.41 Å². The normalized spacial score (nSPS) is 31.1. The molecular weight excluding hydrogens is 254 g/mol. The average Bonchev–Trinajstić information content (AvgIpc) is 2.99. The van der Waals surface area contributed by atoms with Crippen LogP contribution in [0.15, 0.2) is 12.7 Å². The summed E-state index contributed by atoms with van der Waals surface area (Å²) in [5, 5.41) is 36.4. The van der Waals surface area contributed by atoms with Crippen molar-refractivity contribution in [2.24, 2.45) is 0 Å². The summed E-state index contributed by atoms with van der Waals surface area (Å²) in [6.07, 6.45) is -1.45. The van der Waals surface area contributed by atoms with Crippen LogP contribution in [0.25, 0.3) is 11.2 Å². The van der Waals surface area contributed by atoms with E-state index < -0.39 is 31.1 Å². The van der Waals surface area contributed by atoms with Crippen molar-refractivity contribution in [3.63, 3.8) is 0 Å². The average molecular weight is 267 g/mol. The number of aromatic nitrogens is 4. The molecule has 0 spiro atoms. The van der Waals surface area contributed by atoms with Crippen molar-refractivity contribution in [3.8, 4) is 0 Å². The summed E-state index contributed by atoms with van der Waals surface area (Å²) in [6, 6.07) is 0. The monoisotopic (exact) mass is 267 g/mol. The van der Waals surface area contributed by atoms with Crippen LogP contribution < -0.4 is 5.49 Å². The van der Waals surface area contributed by atoms with E-state index in [1.54, 1.807) is 0 Å². The number of aromatic amines is 1. The first-order valence-electron chi connectivity index (χ1n) is 5.70. The van der Waals surface area contributed by atoms with E-state index in [-0.39, 0.29) is 5.49 Å². The van der Waals surface area contributed by atoms with Gasteiger partial charge in [0.2, 0.25) is 0 Å². The first-order valence-corrected chi connectivity index (χ1v) is 5.70. The maximum absolute atomic E-state index is 9.96. The molecular formula is C10H13N5O4. The largest absolute Gasteiger partial charge is 0.394 e. The molecule has 5 N–H and O–H groups in total. The Morgan fingerprint density at radius 3 is 2.84 bits per heavy atom. The zero-order valence-corrected chi connectivity index (χ0v) is 9.76. The number of ether oxygens (including phenoxy) is 1. The lowest BCUT2D eigenvalue weighted by atomic mass is 10.1. The number of aliphatic hydroxyl groups excluding tert-OH is 3. The molecule has 1 fully saturated rings. The van der Waals surface area contributed by atoms with Crippen LogP contribution in [0.3, 0.4) is 0 Å². The molecule has 19 heavy (non-hydrogen) atoms. The molecule has 1 saturated heterocycles. The van der Waals surface area contributed by atoms with E-state index in [4.69, 9.17) is 15.3 Å². The predicted molar refractivity (Wildman–Crippen MR) is 60.7 cm³/mol. The summed E-state index contributed by atoms with van der Waals surface area (Å²) in [5.41, 5.74) is 0.811. The Kier molecular flexibility index (Phi) is 2.82. The van der Waals surface area contributed by atoms with Crippen LogP contribution in [-0.4, -0.2) is 59.8 Å². The zero-order valence-electron chi connectivity index (χ0n) is 9.76. The lowest BCUT2D eigenvalue weighted by molar-refractivity contribution is -0.0515. The minimum absolute atomic E-state index is 0.0236. The number of hydrogen-bond acceptors (Lipinski definition) is 7. The van der Waals surface area contributed by atoms with Crippen molar-refractivity contribution in [3.05, 3.63) is 18.1 Å². The molecule has 0 unspecified atom stereocenters. The molecule has 3 rings (SSSR count). The van der Waals surface area contributed by atoms with Crippen LogP contribution in [-0.2, 0) is 4.74 Å². The van der Waals surface area contributed by atoms with E-state index in [9.17, 15) is 10.2 Å². The second kappa shape index (κ2) is 4.38. The molecule has 0 bridgehead atoms. The Hall–Kier alpha value is -1.81. The topological polar surface area (TPSA) is 140 Å². The van der Waals surface area contributed by atoms with Gasteiger partial charge in [0, 0.05) is 0 Å². The van der Waals surface area contributed by atoms with Gasteiger partial charge in [-0.2, -0.15) is 0 Å². The molecule has 3 heterocycles. The summed E-state index contributed by atoms with van der Waals surface area (Å²) in [5.74, 6) is 0. The molecule has 0 saturated carbocycles. The first kappa shape index (κ1) is 12.2. The number of H-pyrrole nitrogens is 1. The van der Waals surface area contributed by atoms with Gasteiger partial charge in [0.25, 0.3) is 0 Å². The Morgan fingerprint density at radius 2 is 2.16 bits per heavy atom. The van der Waals surface area contributed by atoms with Crippen LogP contribution in [0, 0.1) is 5.41 Å². The smallest absolute Gasteiger partial charge is 0.173 e. The Labute approximate surface area is 106 Å². The van der Waals surface area contributed by atoms with Gasteiger partial charge in [0.15, 0.2) is 17.4 Å². The summed E-state index contributed by atoms with van der Waals surface area (Å²) >= 11 is 0. The van der Waals surface area contributed by atoms with Gasteiger partial charge in [-0.25, -0.2) is 9.97 Å². The molecule has 9 nitrogen and oxygen atoms in total. The minimum Gasteiger partial charge on any atom is -0.394 e. The van der Waals surface area contributed by atoms with E-state index in [0.29, 0.717) is 11.2 Å². The summed E-state index contributed by atoms with van der Waals surface area (Å²) < 4.78 is 6.82. The second-order valence-electron chi connectivity index (χ2n) is 4.33. The number of rotatable bonds is 2. The van der Waals surface area contributed by atoms with Crippen LogP contribution in [0.2, 0.25) is 0 Å². The van der Waals surface area contributed by atoms with E-state index in [0.717, 1.165) is 0 Å². The van der Waals surface area contributed by atoms with E-state index in [1.807, 2.05) is 0 Å². The molecule has 9 heteroatoms. The van der Waals surface area contributed by atoms with Gasteiger partial charge in [-0.05, 0) is 0 Å². The highest BCUT2D eigenvalue weighted by molar-refractivity contribution is 5.68. The first-order chi connectivity index (χ1) is 9.13. The predicted octanol–water partition coefficient (Wildman–Crippen LogP) is -2.15. The molecule has 0 aromatic carbocycles. The Balaban J connectivity index is 2.08. The molecule has 2 aromatic heterocycles. The summed E-state index contributed by atoms with van der Waals surface area (Å²) in [6.45, 7) is -0.400. The van der Waals surface area contributed by atoms with Crippen molar-refractivity contribution >= 4 is 11.2 Å². The van der Waals surface area contributed by atoms with Gasteiger partial charge >= 0.3 is 0 Å². The van der Waals surface area contributed by atoms with Crippen molar-refractivity contribution in [2.45, 2.75) is 24.5 Å². The van der Waals surface area contributed by atoms with Crippen LogP contribution >= 0.6 is 0 Å². The maximum Gasteiger partial charge on any atom is 0.173 e. The van der Waals surface area contributed by atoms with Crippen LogP contribution in [0.4, 0.5) is 0 Å². The molecule has 0 amide bonds. The van der Waals surface area contributed by atoms with Gasteiger partial charge in [-0.1, -0.05) is 0 Å². The maximum atomic E-state index is 9.96. The molecule has 1 aliphatic heterocycles. The summed E-state index contributed by atoms with van der Waals surface area (Å²) in [4.78, 5) is 10.7. The number of hydrogen-bond donors (Lipinski definition) is 5. The second-order valence-corrected chi connectivity index (χ2v) is 4.33. The van der Waals surface area contributed by atoms with Gasteiger partial charge in [0.1, 0.15) is 30.2 Å². The third kappa shape index (κ3) is 1.75. The molecule has 0 aliphatic carbocycles. The lowest BCUT2D eigenvalue weighted by Gasteiger charge is -2.18. The highest BCUT2D eigenvalue weighted by Crippen LogP contribution is 2.30. The Morgan fingerprint density at radius 1 is 1.37 bits per heavy atom. The molecule has 1 aliphatic rings. The number of fused-ring (bicyclic) bond motifs is 1. The van der Waals surface area contributed by atoms with Gasteiger partial charge in [-0.3, -0.25) is 9.98 Å². The zero-order chi connectivity index (χ0) is 13.6. The van der Waals surface area contributed by atoms with Crippen molar-refractivity contribution in [2.75, 3.05) is 6.61 Å². The van der Waals surface area contributed by atoms with Gasteiger partial charge in [0.05, 0.1) is 12.9 Å². The third-order valence-electron chi connectivity index (χ3n) is 3.20. The fourth-order valence-electron chi connectivity index (χ4n) is 2.19. The van der Waals surface area contributed by atoms with E-state index in [1.165, 1.54) is 17.2 Å². The summed E-state index contributed by atoms with van der Waals surface area (Å²) in [7, 11) is 0. The van der Waals surface area contributed by atoms with Gasteiger partial charge in [-0.15, -0.1) is 0 Å². The molecule has 4 atom stereocenters. The molecule has 102 valence electrons. The highest BCUT2D eigenvalue weighted by atomic mass is 16.6. The SMILES string of the molecule is N=c1ncn([C@@H]2O[C@H](CO)[C@H](O)[C@H]2O)c2nc[nH]c12. The number of nitrogens with one attached hydrogen (secondary N) is 2. The fraction of sp³-hybridized carbons (Fsp3) is 0.500. The van der Waals surface area contributed by atoms with Gasteiger partial charge < -0.3 is 25.0 Å². The van der Waals surface area contributed by atoms with Crippen molar-refractivity contribution in [1.82, 2.24) is 19.5 Å². The van der Waals surface area contributed by atoms with Crippen LogP contribution in [0.1, 0.15) is 6.23 Å². The third-order valence-corrected chi connectivity index (χ3v) is 3.20. The number of aliphatic hydroxyl groups is 3. The van der Waals surface area contributed by atoms with Crippen LogP contribution in [0.5, 0.6) is 0 Å². The minimum atomic E-state index is -1.21. The van der Waals surface area contributed by atoms with Crippen molar-refractivity contribution < 1.29 is 20.1 Å². The number of imidazole rings is 1. The Bertz CT molecular complexity index is 653. The standard InChI is InChI=1S/C10H13N5O4/c11-8-5-9(13-2-12-5)15(3-14-8)10-7(18)6(17)4(1-16)19-10/h2-4,6-7,10-11,16-18H,1H2,(H,12,13)/t4-,6+,7-,10-/m1/s1. The number of nitrogens with zero attached hydrogens (tertiary/aromatic N) is 3. The highest BCUT2D eigenvalue weighted by Gasteiger charge is 2.43.